The third-order valence-corrected chi connectivity index (χ3v) is 9.67. The first kappa shape index (κ1) is 50.8. The third kappa shape index (κ3) is 19.5. The summed E-state index contributed by atoms with van der Waals surface area (Å²) in [7, 11) is 0. The second kappa shape index (κ2) is 26.0. The summed E-state index contributed by atoms with van der Waals surface area (Å²) in [6, 6.07) is 2.75. The Morgan fingerprint density at radius 1 is 0.689 bits per heavy atom. The van der Waals surface area contributed by atoms with E-state index in [0.717, 1.165) is 31.4 Å². The second-order valence-corrected chi connectivity index (χ2v) is 15.7. The number of primary amides is 1. The molecule has 11 N–H and O–H groups in total. The highest BCUT2D eigenvalue weighted by Crippen LogP contribution is 2.27. The van der Waals surface area contributed by atoms with Gasteiger partial charge in [0, 0.05) is 32.0 Å². The van der Waals surface area contributed by atoms with E-state index in [-0.39, 0.29) is 37.1 Å². The van der Waals surface area contributed by atoms with Crippen molar-refractivity contribution in [1.29, 1.82) is 0 Å². The number of benzene rings is 1. The molecule has 1 saturated carbocycles. The number of rotatable bonds is 24. The van der Waals surface area contributed by atoms with Crippen LogP contribution in [0.1, 0.15) is 78.7 Å². The van der Waals surface area contributed by atoms with Gasteiger partial charge in [-0.2, -0.15) is 0 Å². The average Bonchev–Trinajstić information content (AvgIpc) is 3.20. The molecule has 0 heterocycles. The summed E-state index contributed by atoms with van der Waals surface area (Å²) >= 11 is 0. The molecule has 0 bridgehead atoms. The normalized spacial score (nSPS) is 15.3. The van der Waals surface area contributed by atoms with E-state index in [4.69, 9.17) is 5.73 Å². The number of carbonyl (C=O) groups is 10. The Kier molecular flexibility index (Phi) is 21.6. The molecule has 336 valence electrons. The zero-order valence-electron chi connectivity index (χ0n) is 35.3. The Hall–Kier alpha value is -6.34. The zero-order valence-corrected chi connectivity index (χ0v) is 35.3. The van der Waals surface area contributed by atoms with E-state index in [1.54, 1.807) is 44.2 Å². The van der Waals surface area contributed by atoms with Gasteiger partial charge in [0.1, 0.15) is 30.2 Å². The molecule has 1 aromatic carbocycles. The van der Waals surface area contributed by atoms with Crippen molar-refractivity contribution in [3.63, 3.8) is 0 Å². The summed E-state index contributed by atoms with van der Waals surface area (Å²) in [4.78, 5) is 126. The lowest BCUT2D eigenvalue weighted by Crippen LogP contribution is -2.61. The van der Waals surface area contributed by atoms with Gasteiger partial charge in [-0.15, -0.1) is 0 Å². The molecular formula is C41H61N9O11. The lowest BCUT2D eigenvalue weighted by Gasteiger charge is -2.33. The first-order valence-electron chi connectivity index (χ1n) is 20.3. The van der Waals surface area contributed by atoms with Crippen LogP contribution in [0, 0.1) is 17.8 Å². The van der Waals surface area contributed by atoms with Crippen LogP contribution in [0.2, 0.25) is 0 Å². The average molecular weight is 856 g/mol. The van der Waals surface area contributed by atoms with Crippen LogP contribution in [0.25, 0.3) is 0 Å². The Labute approximate surface area is 355 Å². The lowest BCUT2D eigenvalue weighted by molar-refractivity contribution is -0.141. The standard InChI is InChI=1S/C41H61N9O11/c1-23(2)18-28(38(57)49-35(24(3)4)37(42)56)48-40(59)36(27-14-10-7-11-15-27)50-39(58)30(20-43-25(5)51)47-32(53)17-16-31(52)44-21-33(54)45-22-34(55)46-29(41(60)61)19-26-12-8-6-9-13-26/h6,8-9,12-13,16-17,23-24,27-30,35-36H,7,10-11,14-15,18-22H2,1-5H3,(H2,42,56)(H,43,51)(H,44,52)(H,45,54)(H,46,55)(H,47,53)(H,48,59)(H,49,57)(H,50,58)(H,60,61). The number of hydrogen-bond donors (Lipinski definition) is 10. The topological polar surface area (TPSA) is 313 Å². The van der Waals surface area contributed by atoms with Gasteiger partial charge >= 0.3 is 5.97 Å². The van der Waals surface area contributed by atoms with Crippen LogP contribution in [-0.2, 0) is 54.4 Å². The fourth-order valence-electron chi connectivity index (χ4n) is 6.49. The summed E-state index contributed by atoms with van der Waals surface area (Å²) in [6.45, 7) is 6.76. The van der Waals surface area contributed by atoms with Crippen LogP contribution in [0.5, 0.6) is 0 Å². The monoisotopic (exact) mass is 855 g/mol. The minimum Gasteiger partial charge on any atom is -0.480 e. The summed E-state index contributed by atoms with van der Waals surface area (Å²) in [5, 5.41) is 29.2. The van der Waals surface area contributed by atoms with E-state index in [9.17, 15) is 53.1 Å². The van der Waals surface area contributed by atoms with Crippen LogP contribution in [0.4, 0.5) is 0 Å². The molecule has 0 aliphatic heterocycles. The number of nitrogens with one attached hydrogen (secondary N) is 8. The third-order valence-electron chi connectivity index (χ3n) is 9.67. The SMILES string of the molecule is CC(=O)NCC(NC(=O)C=CC(=O)NCC(=O)NCC(=O)NC(Cc1ccccc1)C(=O)O)C(=O)NC(C(=O)NC(CC(C)C)C(=O)NC(C(N)=O)C(C)C)C1CCCCC1. The van der Waals surface area contributed by atoms with Gasteiger partial charge in [-0.05, 0) is 42.6 Å². The molecule has 0 aromatic heterocycles. The Bertz CT molecular complexity index is 1750. The Balaban J connectivity index is 2.06. The van der Waals surface area contributed by atoms with Crippen LogP contribution in [-0.4, -0.2) is 114 Å². The number of aliphatic carboxylic acids is 1. The fraction of sp³-hybridized carbons (Fsp3) is 0.561. The first-order valence-corrected chi connectivity index (χ1v) is 20.3. The minimum atomic E-state index is -1.43. The molecule has 20 heteroatoms. The smallest absolute Gasteiger partial charge is 0.326 e. The predicted molar refractivity (Wildman–Crippen MR) is 221 cm³/mol. The Morgan fingerprint density at radius 2 is 1.30 bits per heavy atom. The molecule has 5 atom stereocenters. The Morgan fingerprint density at radius 3 is 1.87 bits per heavy atom. The molecule has 0 radical (unpaired) electrons. The van der Waals surface area contributed by atoms with Crippen molar-refractivity contribution in [2.45, 2.75) is 110 Å². The highest BCUT2D eigenvalue weighted by atomic mass is 16.4. The summed E-state index contributed by atoms with van der Waals surface area (Å²) < 4.78 is 0. The van der Waals surface area contributed by atoms with Crippen LogP contribution in [0.3, 0.4) is 0 Å². The van der Waals surface area contributed by atoms with Crippen molar-refractivity contribution in [3.8, 4) is 0 Å². The van der Waals surface area contributed by atoms with E-state index in [0.29, 0.717) is 18.4 Å². The molecule has 9 amide bonds. The van der Waals surface area contributed by atoms with E-state index >= 15 is 0 Å². The molecule has 0 saturated heterocycles. The number of carboxylic acids is 1. The van der Waals surface area contributed by atoms with E-state index in [1.807, 2.05) is 13.8 Å². The maximum atomic E-state index is 13.9. The molecule has 1 fully saturated rings. The number of carbonyl (C=O) groups excluding carboxylic acids is 9. The van der Waals surface area contributed by atoms with Crippen LogP contribution in [0.15, 0.2) is 42.5 Å². The molecule has 61 heavy (non-hydrogen) atoms. The first-order chi connectivity index (χ1) is 28.8. The van der Waals surface area contributed by atoms with Crippen molar-refractivity contribution in [2.24, 2.45) is 23.5 Å². The van der Waals surface area contributed by atoms with Crippen molar-refractivity contribution >= 4 is 59.1 Å². The molecule has 2 rings (SSSR count). The van der Waals surface area contributed by atoms with Gasteiger partial charge in [-0.1, -0.05) is 77.3 Å². The summed E-state index contributed by atoms with van der Waals surface area (Å²) in [5.74, 6) is -8.73. The molecule has 5 unspecified atom stereocenters. The summed E-state index contributed by atoms with van der Waals surface area (Å²) in [6.07, 6.45) is 5.46. The van der Waals surface area contributed by atoms with Crippen LogP contribution >= 0.6 is 0 Å². The van der Waals surface area contributed by atoms with Gasteiger partial charge < -0.3 is 53.4 Å². The van der Waals surface area contributed by atoms with Crippen molar-refractivity contribution in [3.05, 3.63) is 48.0 Å². The van der Waals surface area contributed by atoms with Crippen LogP contribution < -0.4 is 48.3 Å². The predicted octanol–water partition coefficient (Wildman–Crippen LogP) is -1.57. The summed E-state index contributed by atoms with van der Waals surface area (Å²) in [5.41, 5.74) is 6.18. The van der Waals surface area contributed by atoms with Crippen molar-refractivity contribution < 1.29 is 53.1 Å². The number of amides is 9. The van der Waals surface area contributed by atoms with Gasteiger partial charge in [-0.3, -0.25) is 43.2 Å². The highest BCUT2D eigenvalue weighted by molar-refractivity contribution is 6.00. The van der Waals surface area contributed by atoms with Gasteiger partial charge in [0.2, 0.25) is 53.2 Å². The van der Waals surface area contributed by atoms with Crippen molar-refractivity contribution in [2.75, 3.05) is 19.6 Å². The van der Waals surface area contributed by atoms with Crippen molar-refractivity contribution in [1.82, 2.24) is 42.5 Å². The van der Waals surface area contributed by atoms with E-state index < -0.39 is 102 Å². The number of hydrogen-bond acceptors (Lipinski definition) is 10. The maximum Gasteiger partial charge on any atom is 0.326 e. The van der Waals surface area contributed by atoms with Gasteiger partial charge in [-0.25, -0.2) is 4.79 Å². The quantitative estimate of drug-likeness (QED) is 0.0530. The molecule has 1 aliphatic rings. The zero-order chi connectivity index (χ0) is 45.6. The van der Waals surface area contributed by atoms with Gasteiger partial charge in [0.05, 0.1) is 13.1 Å². The molecule has 1 aromatic rings. The van der Waals surface area contributed by atoms with E-state index in [1.165, 1.54) is 6.92 Å². The number of carboxylic acid groups (broad SMARTS) is 1. The second-order valence-electron chi connectivity index (χ2n) is 15.7. The van der Waals surface area contributed by atoms with Gasteiger partial charge in [0.15, 0.2) is 0 Å². The maximum absolute atomic E-state index is 13.9. The minimum absolute atomic E-state index is 0.0176. The molecular weight excluding hydrogens is 795 g/mol. The molecule has 0 spiro atoms. The fourth-order valence-corrected chi connectivity index (χ4v) is 6.49. The molecule has 1 aliphatic carbocycles. The number of nitrogens with two attached hydrogens (primary N) is 1. The highest BCUT2D eigenvalue weighted by Gasteiger charge is 2.36. The molecule has 20 nitrogen and oxygen atoms in total. The van der Waals surface area contributed by atoms with E-state index in [2.05, 4.69) is 42.5 Å². The lowest BCUT2D eigenvalue weighted by atomic mass is 9.83. The van der Waals surface area contributed by atoms with Gasteiger partial charge in [0.25, 0.3) is 0 Å². The largest absolute Gasteiger partial charge is 0.480 e.